The molecule has 7 heteroatoms. The Balaban J connectivity index is 1.90. The summed E-state index contributed by atoms with van der Waals surface area (Å²) in [6, 6.07) is 3.86. The molecule has 3 heterocycles. The van der Waals surface area contributed by atoms with Crippen LogP contribution in [0.15, 0.2) is 24.7 Å². The molecule has 104 valence electrons. The highest BCUT2D eigenvalue weighted by Gasteiger charge is 2.11. The van der Waals surface area contributed by atoms with Crippen molar-refractivity contribution in [1.82, 2.24) is 29.3 Å². The van der Waals surface area contributed by atoms with E-state index in [4.69, 9.17) is 11.6 Å². The standard InChI is InChI=1S/C13H15ClN6/c1-19-9-16-11(18-19)5-8-20-12(4-6-14)17-10-3-2-7-15-13(10)20/h2-3,7,9H,4-6,8H2,1H3. The Morgan fingerprint density at radius 2 is 2.15 bits per heavy atom. The van der Waals surface area contributed by atoms with Crippen molar-refractivity contribution < 1.29 is 0 Å². The molecule has 0 bridgehead atoms. The van der Waals surface area contributed by atoms with Crippen molar-refractivity contribution in [2.24, 2.45) is 7.05 Å². The Bertz CT molecular complexity index is 717. The third-order valence-corrected chi connectivity index (χ3v) is 3.30. The van der Waals surface area contributed by atoms with Crippen molar-refractivity contribution in [1.29, 1.82) is 0 Å². The topological polar surface area (TPSA) is 61.4 Å². The molecule has 0 atom stereocenters. The molecule has 0 N–H and O–H groups in total. The van der Waals surface area contributed by atoms with Gasteiger partial charge in [-0.2, -0.15) is 5.10 Å². The molecule has 0 spiro atoms. The van der Waals surface area contributed by atoms with E-state index >= 15 is 0 Å². The minimum Gasteiger partial charge on any atom is -0.312 e. The van der Waals surface area contributed by atoms with E-state index in [1.807, 2.05) is 19.2 Å². The number of aromatic nitrogens is 6. The van der Waals surface area contributed by atoms with Gasteiger partial charge >= 0.3 is 0 Å². The first kappa shape index (κ1) is 13.1. The summed E-state index contributed by atoms with van der Waals surface area (Å²) in [5.74, 6) is 2.33. The normalized spacial score (nSPS) is 11.3. The van der Waals surface area contributed by atoms with Gasteiger partial charge in [0, 0.05) is 38.5 Å². The predicted octanol–water partition coefficient (Wildman–Crippen LogP) is 1.58. The van der Waals surface area contributed by atoms with E-state index in [-0.39, 0.29) is 0 Å². The monoisotopic (exact) mass is 290 g/mol. The Morgan fingerprint density at radius 1 is 1.25 bits per heavy atom. The number of rotatable bonds is 5. The van der Waals surface area contributed by atoms with Crippen molar-refractivity contribution in [2.45, 2.75) is 19.4 Å². The van der Waals surface area contributed by atoms with Gasteiger partial charge in [-0.25, -0.2) is 15.0 Å². The molecule has 6 nitrogen and oxygen atoms in total. The van der Waals surface area contributed by atoms with Crippen LogP contribution in [0.1, 0.15) is 11.6 Å². The van der Waals surface area contributed by atoms with Crippen molar-refractivity contribution in [3.05, 3.63) is 36.3 Å². The van der Waals surface area contributed by atoms with E-state index in [9.17, 15) is 0 Å². The smallest absolute Gasteiger partial charge is 0.159 e. The number of aryl methyl sites for hydroxylation is 4. The van der Waals surface area contributed by atoms with Crippen LogP contribution in [0.25, 0.3) is 11.2 Å². The zero-order valence-corrected chi connectivity index (χ0v) is 12.0. The molecule has 3 rings (SSSR count). The number of hydrogen-bond acceptors (Lipinski definition) is 4. The van der Waals surface area contributed by atoms with Gasteiger partial charge in [-0.15, -0.1) is 11.6 Å². The van der Waals surface area contributed by atoms with Crippen molar-refractivity contribution in [3.8, 4) is 0 Å². The summed E-state index contributed by atoms with van der Waals surface area (Å²) >= 11 is 5.85. The van der Waals surface area contributed by atoms with Crippen LogP contribution in [0.2, 0.25) is 0 Å². The molecular formula is C13H15ClN6. The molecule has 0 saturated carbocycles. The van der Waals surface area contributed by atoms with Gasteiger partial charge in [0.2, 0.25) is 0 Å². The summed E-state index contributed by atoms with van der Waals surface area (Å²) in [5, 5.41) is 4.29. The predicted molar refractivity (Wildman–Crippen MR) is 76.7 cm³/mol. The number of pyridine rings is 1. The minimum absolute atomic E-state index is 0.547. The highest BCUT2D eigenvalue weighted by atomic mass is 35.5. The molecule has 0 amide bonds. The van der Waals surface area contributed by atoms with Gasteiger partial charge in [-0.3, -0.25) is 4.68 Å². The van der Waals surface area contributed by atoms with Crippen LogP contribution in [0.4, 0.5) is 0 Å². The fourth-order valence-electron chi connectivity index (χ4n) is 2.23. The lowest BCUT2D eigenvalue weighted by Gasteiger charge is -2.06. The quantitative estimate of drug-likeness (QED) is 0.670. The number of imidazole rings is 1. The second kappa shape index (κ2) is 5.58. The highest BCUT2D eigenvalue weighted by molar-refractivity contribution is 6.17. The first-order valence-corrected chi connectivity index (χ1v) is 7.02. The van der Waals surface area contributed by atoms with E-state index in [2.05, 4.69) is 24.6 Å². The van der Waals surface area contributed by atoms with Gasteiger partial charge in [-0.1, -0.05) is 0 Å². The largest absolute Gasteiger partial charge is 0.312 e. The Labute approximate surface area is 121 Å². The lowest BCUT2D eigenvalue weighted by molar-refractivity contribution is 0.642. The average Bonchev–Trinajstić information content (AvgIpc) is 3.00. The van der Waals surface area contributed by atoms with Crippen LogP contribution >= 0.6 is 11.6 Å². The number of hydrogen-bond donors (Lipinski definition) is 0. The van der Waals surface area contributed by atoms with Crippen LogP contribution in [0, 0.1) is 0 Å². The maximum Gasteiger partial charge on any atom is 0.159 e. The van der Waals surface area contributed by atoms with Crippen molar-refractivity contribution in [2.75, 3.05) is 5.88 Å². The van der Waals surface area contributed by atoms with E-state index in [0.717, 1.165) is 42.2 Å². The molecule has 0 aliphatic rings. The van der Waals surface area contributed by atoms with Gasteiger partial charge in [0.25, 0.3) is 0 Å². The molecule has 0 aromatic carbocycles. The van der Waals surface area contributed by atoms with Crippen LogP contribution in [0.3, 0.4) is 0 Å². The average molecular weight is 291 g/mol. The Kier molecular flexibility index (Phi) is 3.64. The van der Waals surface area contributed by atoms with E-state index < -0.39 is 0 Å². The lowest BCUT2D eigenvalue weighted by Crippen LogP contribution is -2.08. The van der Waals surface area contributed by atoms with E-state index in [1.165, 1.54) is 0 Å². The SMILES string of the molecule is Cn1cnc(CCn2c(CCCl)nc3cccnc32)n1. The summed E-state index contributed by atoms with van der Waals surface area (Å²) in [5.41, 5.74) is 1.80. The number of alkyl halides is 1. The van der Waals surface area contributed by atoms with Crippen LogP contribution < -0.4 is 0 Å². The summed E-state index contributed by atoms with van der Waals surface area (Å²) < 4.78 is 3.81. The molecular weight excluding hydrogens is 276 g/mol. The molecule has 20 heavy (non-hydrogen) atoms. The second-order valence-corrected chi connectivity index (χ2v) is 4.93. The van der Waals surface area contributed by atoms with Gasteiger partial charge in [0.05, 0.1) is 0 Å². The zero-order chi connectivity index (χ0) is 13.9. The summed E-state index contributed by atoms with van der Waals surface area (Å²) in [4.78, 5) is 13.2. The summed E-state index contributed by atoms with van der Waals surface area (Å²) in [6.45, 7) is 0.754. The molecule has 0 saturated heterocycles. The highest BCUT2D eigenvalue weighted by Crippen LogP contribution is 2.15. The number of fused-ring (bicyclic) bond motifs is 1. The van der Waals surface area contributed by atoms with Gasteiger partial charge in [0.1, 0.15) is 17.7 Å². The number of nitrogens with zero attached hydrogens (tertiary/aromatic N) is 6. The van der Waals surface area contributed by atoms with Gasteiger partial charge in [-0.05, 0) is 12.1 Å². The van der Waals surface area contributed by atoms with Crippen LogP contribution in [0.5, 0.6) is 0 Å². The van der Waals surface area contributed by atoms with Gasteiger partial charge < -0.3 is 4.57 Å². The third kappa shape index (κ3) is 2.51. The maximum atomic E-state index is 5.85. The van der Waals surface area contributed by atoms with Crippen LogP contribution in [-0.4, -0.2) is 35.2 Å². The van der Waals surface area contributed by atoms with Crippen molar-refractivity contribution in [3.63, 3.8) is 0 Å². The first-order valence-electron chi connectivity index (χ1n) is 6.48. The zero-order valence-electron chi connectivity index (χ0n) is 11.2. The molecule has 0 radical (unpaired) electrons. The maximum absolute atomic E-state index is 5.85. The fourth-order valence-corrected chi connectivity index (χ4v) is 2.39. The van der Waals surface area contributed by atoms with Gasteiger partial charge in [0.15, 0.2) is 11.5 Å². The van der Waals surface area contributed by atoms with E-state index in [1.54, 1.807) is 17.2 Å². The Morgan fingerprint density at radius 3 is 2.90 bits per heavy atom. The summed E-state index contributed by atoms with van der Waals surface area (Å²) in [7, 11) is 1.86. The number of halogens is 1. The van der Waals surface area contributed by atoms with Crippen molar-refractivity contribution >= 4 is 22.8 Å². The van der Waals surface area contributed by atoms with E-state index in [0.29, 0.717) is 5.88 Å². The third-order valence-electron chi connectivity index (χ3n) is 3.11. The molecule has 0 aliphatic heterocycles. The minimum atomic E-state index is 0.547. The molecule has 0 aliphatic carbocycles. The summed E-state index contributed by atoms with van der Waals surface area (Å²) in [6.07, 6.45) is 4.97. The first-order chi connectivity index (χ1) is 9.78. The molecule has 0 unspecified atom stereocenters. The molecule has 3 aromatic heterocycles. The Hall–Kier alpha value is -1.95. The molecule has 0 fully saturated rings. The fraction of sp³-hybridized carbons (Fsp3) is 0.385. The van der Waals surface area contributed by atoms with Crippen LogP contribution in [-0.2, 0) is 26.4 Å². The molecule has 3 aromatic rings. The second-order valence-electron chi connectivity index (χ2n) is 4.55. The lowest BCUT2D eigenvalue weighted by atomic mass is 10.3.